The second kappa shape index (κ2) is 4.63. The van der Waals surface area contributed by atoms with Gasteiger partial charge in [0.2, 0.25) is 0 Å². The van der Waals surface area contributed by atoms with Crippen molar-refractivity contribution >= 4 is 38.5 Å². The molecule has 1 aromatic rings. The van der Waals surface area contributed by atoms with Crippen LogP contribution in [0.2, 0.25) is 0 Å². The van der Waals surface area contributed by atoms with E-state index in [4.69, 9.17) is 0 Å². The number of hydrogen-bond donors (Lipinski definition) is 0. The van der Waals surface area contributed by atoms with E-state index in [0.29, 0.717) is 10.9 Å². The second-order valence-corrected chi connectivity index (χ2v) is 4.18. The maximum Gasteiger partial charge on any atom is 0.280 e. The SMILES string of the molecule is Cc1c(C(F)F)ncc(CBr)c1I. The van der Waals surface area contributed by atoms with Gasteiger partial charge < -0.3 is 0 Å². The van der Waals surface area contributed by atoms with Crippen LogP contribution >= 0.6 is 38.5 Å². The van der Waals surface area contributed by atoms with Crippen molar-refractivity contribution < 1.29 is 8.78 Å². The smallest absolute Gasteiger partial charge is 0.255 e. The van der Waals surface area contributed by atoms with E-state index in [-0.39, 0.29) is 5.69 Å². The van der Waals surface area contributed by atoms with Gasteiger partial charge in [-0.3, -0.25) is 4.98 Å². The Morgan fingerprint density at radius 2 is 2.23 bits per heavy atom. The van der Waals surface area contributed by atoms with Gasteiger partial charge in [-0.1, -0.05) is 15.9 Å². The van der Waals surface area contributed by atoms with Crippen molar-refractivity contribution in [2.24, 2.45) is 0 Å². The number of nitrogens with zero attached hydrogens (tertiary/aromatic N) is 1. The molecule has 13 heavy (non-hydrogen) atoms. The summed E-state index contributed by atoms with van der Waals surface area (Å²) in [4.78, 5) is 3.72. The number of aromatic nitrogens is 1. The fraction of sp³-hybridized carbons (Fsp3) is 0.375. The van der Waals surface area contributed by atoms with Crippen LogP contribution in [0.5, 0.6) is 0 Å². The Morgan fingerprint density at radius 1 is 1.62 bits per heavy atom. The molecule has 0 radical (unpaired) electrons. The average molecular weight is 362 g/mol. The first-order valence-corrected chi connectivity index (χ1v) is 5.76. The van der Waals surface area contributed by atoms with Crippen LogP contribution in [0.3, 0.4) is 0 Å². The zero-order valence-electron chi connectivity index (χ0n) is 6.82. The van der Waals surface area contributed by atoms with Crippen molar-refractivity contribution in [3.05, 3.63) is 26.6 Å². The molecule has 0 amide bonds. The van der Waals surface area contributed by atoms with Gasteiger partial charge in [-0.25, -0.2) is 8.78 Å². The van der Waals surface area contributed by atoms with Crippen LogP contribution in [0.1, 0.15) is 23.2 Å². The number of hydrogen-bond acceptors (Lipinski definition) is 1. The molecule has 0 aliphatic carbocycles. The first kappa shape index (κ1) is 11.3. The van der Waals surface area contributed by atoms with Crippen LogP contribution in [0.15, 0.2) is 6.20 Å². The topological polar surface area (TPSA) is 12.9 Å². The van der Waals surface area contributed by atoms with Gasteiger partial charge in [-0.05, 0) is 40.6 Å². The molecular formula is C8H7BrF2IN. The van der Waals surface area contributed by atoms with Crippen LogP contribution in [0, 0.1) is 10.5 Å². The minimum absolute atomic E-state index is 0.117. The molecule has 1 nitrogen and oxygen atoms in total. The Balaban J connectivity index is 3.23. The van der Waals surface area contributed by atoms with Crippen molar-refractivity contribution in [2.45, 2.75) is 18.7 Å². The highest BCUT2D eigenvalue weighted by atomic mass is 127. The zero-order chi connectivity index (χ0) is 10.0. The fourth-order valence-electron chi connectivity index (χ4n) is 0.967. The lowest BCUT2D eigenvalue weighted by atomic mass is 10.2. The lowest BCUT2D eigenvalue weighted by Gasteiger charge is -2.08. The minimum Gasteiger partial charge on any atom is -0.255 e. The molecule has 1 rings (SSSR count). The van der Waals surface area contributed by atoms with Gasteiger partial charge in [0.05, 0.1) is 0 Å². The molecule has 0 saturated heterocycles. The molecule has 0 aliphatic heterocycles. The lowest BCUT2D eigenvalue weighted by Crippen LogP contribution is -2.00. The highest BCUT2D eigenvalue weighted by Gasteiger charge is 2.15. The Labute approximate surface area is 97.2 Å². The molecule has 0 saturated carbocycles. The summed E-state index contributed by atoms with van der Waals surface area (Å²) in [5.74, 6) is 0. The fourth-order valence-corrected chi connectivity index (χ4v) is 2.52. The highest BCUT2D eigenvalue weighted by molar-refractivity contribution is 14.1. The molecule has 0 unspecified atom stereocenters. The van der Waals surface area contributed by atoms with E-state index in [1.54, 1.807) is 6.92 Å². The molecule has 5 heteroatoms. The van der Waals surface area contributed by atoms with Gasteiger partial charge in [0, 0.05) is 15.1 Å². The molecule has 0 N–H and O–H groups in total. The van der Waals surface area contributed by atoms with Gasteiger partial charge in [-0.2, -0.15) is 0 Å². The van der Waals surface area contributed by atoms with E-state index in [2.05, 4.69) is 43.5 Å². The van der Waals surface area contributed by atoms with Gasteiger partial charge in [-0.15, -0.1) is 0 Å². The summed E-state index contributed by atoms with van der Waals surface area (Å²) in [6.45, 7) is 1.67. The molecule has 72 valence electrons. The molecule has 0 aromatic carbocycles. The minimum atomic E-state index is -2.49. The van der Waals surface area contributed by atoms with E-state index in [1.807, 2.05) is 0 Å². The lowest BCUT2D eigenvalue weighted by molar-refractivity contribution is 0.145. The summed E-state index contributed by atoms with van der Waals surface area (Å²) >= 11 is 5.33. The van der Waals surface area contributed by atoms with E-state index >= 15 is 0 Å². The third kappa shape index (κ3) is 2.37. The first-order chi connectivity index (χ1) is 6.07. The molecule has 1 heterocycles. The number of rotatable bonds is 2. The maximum atomic E-state index is 12.4. The third-order valence-electron chi connectivity index (χ3n) is 1.71. The first-order valence-electron chi connectivity index (χ1n) is 3.56. The van der Waals surface area contributed by atoms with Crippen LogP contribution in [0.25, 0.3) is 0 Å². The number of alkyl halides is 3. The summed E-state index contributed by atoms with van der Waals surface area (Å²) < 4.78 is 25.6. The summed E-state index contributed by atoms with van der Waals surface area (Å²) in [5, 5.41) is 0.641. The summed E-state index contributed by atoms with van der Waals surface area (Å²) in [6, 6.07) is 0. The van der Waals surface area contributed by atoms with Crippen molar-refractivity contribution in [1.29, 1.82) is 0 Å². The molecule has 0 spiro atoms. The number of halogens is 4. The van der Waals surface area contributed by atoms with Gasteiger partial charge in [0.1, 0.15) is 5.69 Å². The Bertz CT molecular complexity index is 317. The Morgan fingerprint density at radius 3 is 2.69 bits per heavy atom. The third-order valence-corrected chi connectivity index (χ3v) is 3.81. The quantitative estimate of drug-likeness (QED) is 0.576. The average Bonchev–Trinajstić information content (AvgIpc) is 2.09. The van der Waals surface area contributed by atoms with E-state index in [9.17, 15) is 8.78 Å². The van der Waals surface area contributed by atoms with Crippen LogP contribution in [-0.4, -0.2) is 4.98 Å². The highest BCUT2D eigenvalue weighted by Crippen LogP contribution is 2.26. The maximum absolute atomic E-state index is 12.4. The predicted molar refractivity (Wildman–Crippen MR) is 59.3 cm³/mol. The van der Waals surface area contributed by atoms with Gasteiger partial charge in [0.15, 0.2) is 0 Å². The Hall–Kier alpha value is 0.220. The van der Waals surface area contributed by atoms with Gasteiger partial charge >= 0.3 is 0 Å². The predicted octanol–water partition coefficient (Wildman–Crippen LogP) is 3.83. The standard InChI is InChI=1S/C8H7BrF2IN/c1-4-6(12)5(2-9)3-13-7(4)8(10)11/h3,8H,2H2,1H3. The van der Waals surface area contributed by atoms with Crippen molar-refractivity contribution in [1.82, 2.24) is 4.98 Å². The molecule has 1 aromatic heterocycles. The molecule has 0 atom stereocenters. The van der Waals surface area contributed by atoms with Crippen molar-refractivity contribution in [3.8, 4) is 0 Å². The number of pyridine rings is 1. The molecular weight excluding hydrogens is 355 g/mol. The van der Waals surface area contributed by atoms with Crippen LogP contribution in [0.4, 0.5) is 8.78 Å². The van der Waals surface area contributed by atoms with E-state index in [0.717, 1.165) is 9.13 Å². The Kier molecular flexibility index (Phi) is 4.03. The molecule has 0 bridgehead atoms. The molecule has 0 fully saturated rings. The van der Waals surface area contributed by atoms with Crippen LogP contribution < -0.4 is 0 Å². The monoisotopic (exact) mass is 361 g/mol. The summed E-state index contributed by atoms with van der Waals surface area (Å²) in [7, 11) is 0. The normalized spacial score (nSPS) is 10.9. The van der Waals surface area contributed by atoms with Crippen molar-refractivity contribution in [2.75, 3.05) is 0 Å². The summed E-state index contributed by atoms with van der Waals surface area (Å²) in [6.07, 6.45) is -0.997. The zero-order valence-corrected chi connectivity index (χ0v) is 10.6. The van der Waals surface area contributed by atoms with E-state index in [1.165, 1.54) is 6.20 Å². The van der Waals surface area contributed by atoms with E-state index < -0.39 is 6.43 Å². The largest absolute Gasteiger partial charge is 0.280 e. The second-order valence-electron chi connectivity index (χ2n) is 2.54. The van der Waals surface area contributed by atoms with Crippen LogP contribution in [-0.2, 0) is 5.33 Å². The van der Waals surface area contributed by atoms with Crippen molar-refractivity contribution in [3.63, 3.8) is 0 Å². The molecule has 0 aliphatic rings. The summed E-state index contributed by atoms with van der Waals surface area (Å²) in [5.41, 5.74) is 1.41. The van der Waals surface area contributed by atoms with Gasteiger partial charge in [0.25, 0.3) is 6.43 Å².